The molecule has 1 atom stereocenters. The molecule has 0 radical (unpaired) electrons. The highest BCUT2D eigenvalue weighted by Gasteiger charge is 2.25. The third-order valence-electron chi connectivity index (χ3n) is 1.27. The summed E-state index contributed by atoms with van der Waals surface area (Å²) >= 11 is 0. The summed E-state index contributed by atoms with van der Waals surface area (Å²) in [5.74, 6) is -2.10. The molecular formula is C8H16O5S. The molecule has 1 unspecified atom stereocenters. The maximum Gasteiger partial charge on any atom is 0.310 e. The fourth-order valence-corrected chi connectivity index (χ4v) is 1.55. The zero-order chi connectivity index (χ0) is 11.6. The smallest absolute Gasteiger partial charge is 0.310 e. The summed E-state index contributed by atoms with van der Waals surface area (Å²) < 4.78 is 34.3. The Labute approximate surface area is 84.2 Å². The van der Waals surface area contributed by atoms with Gasteiger partial charge in [-0.2, -0.15) is 8.42 Å². The Bertz CT molecular complexity index is 298. The average molecular weight is 224 g/mol. The van der Waals surface area contributed by atoms with Crippen LogP contribution in [0.25, 0.3) is 0 Å². The Hall–Kier alpha value is -0.620. The number of carbonyl (C=O) groups is 1. The van der Waals surface area contributed by atoms with Gasteiger partial charge in [-0.3, -0.25) is 9.35 Å². The Kier molecular flexibility index (Phi) is 4.08. The molecule has 0 saturated carbocycles. The Morgan fingerprint density at radius 2 is 1.86 bits per heavy atom. The van der Waals surface area contributed by atoms with E-state index in [1.54, 1.807) is 20.8 Å². The molecule has 14 heavy (non-hydrogen) atoms. The van der Waals surface area contributed by atoms with Crippen LogP contribution in [-0.2, 0) is 19.6 Å². The molecule has 0 bridgehead atoms. The largest absolute Gasteiger partial charge is 0.460 e. The first-order chi connectivity index (χ1) is 6.01. The molecule has 0 spiro atoms. The molecule has 6 heteroatoms. The minimum atomic E-state index is -4.12. The number of rotatable bonds is 3. The molecule has 0 aliphatic rings. The molecule has 0 heterocycles. The van der Waals surface area contributed by atoms with Gasteiger partial charge in [0.1, 0.15) is 5.60 Å². The van der Waals surface area contributed by atoms with E-state index in [1.165, 1.54) is 6.92 Å². The van der Waals surface area contributed by atoms with Gasteiger partial charge < -0.3 is 4.74 Å². The van der Waals surface area contributed by atoms with Gasteiger partial charge in [0.05, 0.1) is 11.7 Å². The van der Waals surface area contributed by atoms with Gasteiger partial charge in [0.15, 0.2) is 0 Å². The molecule has 0 aliphatic heterocycles. The van der Waals surface area contributed by atoms with E-state index in [0.29, 0.717) is 0 Å². The molecule has 1 N–H and O–H groups in total. The van der Waals surface area contributed by atoms with Gasteiger partial charge in [-0.1, -0.05) is 6.92 Å². The highest BCUT2D eigenvalue weighted by Crippen LogP contribution is 2.12. The van der Waals surface area contributed by atoms with Crippen molar-refractivity contribution >= 4 is 16.1 Å². The van der Waals surface area contributed by atoms with Crippen LogP contribution in [0.5, 0.6) is 0 Å². The molecule has 0 fully saturated rings. The van der Waals surface area contributed by atoms with Crippen LogP contribution in [0.15, 0.2) is 0 Å². The first-order valence-electron chi connectivity index (χ1n) is 4.19. The minimum Gasteiger partial charge on any atom is -0.460 e. The van der Waals surface area contributed by atoms with Crippen molar-refractivity contribution in [2.75, 3.05) is 5.75 Å². The van der Waals surface area contributed by atoms with E-state index in [9.17, 15) is 13.2 Å². The van der Waals surface area contributed by atoms with Crippen LogP contribution in [0.3, 0.4) is 0 Å². The molecule has 84 valence electrons. The topological polar surface area (TPSA) is 80.7 Å². The summed E-state index contributed by atoms with van der Waals surface area (Å²) in [5, 5.41) is 0. The predicted octanol–water partition coefficient (Wildman–Crippen LogP) is 0.852. The standard InChI is InChI=1S/C8H16O5S/c1-6(5-14(10,11)12)7(9)13-8(2,3)4/h6H,5H2,1-4H3,(H,10,11,12). The summed E-state index contributed by atoms with van der Waals surface area (Å²) in [6, 6.07) is 0. The molecule has 0 aromatic rings. The summed E-state index contributed by atoms with van der Waals surface area (Å²) in [6.07, 6.45) is 0. The molecular weight excluding hydrogens is 208 g/mol. The fourth-order valence-electron chi connectivity index (χ4n) is 0.786. The second kappa shape index (κ2) is 4.27. The van der Waals surface area contributed by atoms with Crippen molar-refractivity contribution < 1.29 is 22.5 Å². The first-order valence-corrected chi connectivity index (χ1v) is 5.80. The maximum absolute atomic E-state index is 11.2. The van der Waals surface area contributed by atoms with Gasteiger partial charge in [-0.25, -0.2) is 0 Å². The molecule has 0 rings (SSSR count). The second-order valence-electron chi connectivity index (χ2n) is 4.18. The third-order valence-corrected chi connectivity index (χ3v) is 2.19. The highest BCUT2D eigenvalue weighted by molar-refractivity contribution is 7.85. The van der Waals surface area contributed by atoms with E-state index in [-0.39, 0.29) is 0 Å². The molecule has 0 aromatic heterocycles. The predicted molar refractivity (Wildman–Crippen MR) is 51.4 cm³/mol. The van der Waals surface area contributed by atoms with Crippen LogP contribution >= 0.6 is 0 Å². The zero-order valence-electron chi connectivity index (χ0n) is 8.77. The van der Waals surface area contributed by atoms with Gasteiger partial charge >= 0.3 is 5.97 Å². The van der Waals surface area contributed by atoms with Gasteiger partial charge in [-0.15, -0.1) is 0 Å². The van der Waals surface area contributed by atoms with E-state index < -0.39 is 33.4 Å². The molecule has 0 aliphatic carbocycles. The Balaban J connectivity index is 4.29. The summed E-state index contributed by atoms with van der Waals surface area (Å²) in [4.78, 5) is 11.2. The van der Waals surface area contributed by atoms with Crippen LogP contribution in [0.4, 0.5) is 0 Å². The summed E-state index contributed by atoms with van der Waals surface area (Å²) in [6.45, 7) is 6.45. The molecule has 0 saturated heterocycles. The van der Waals surface area contributed by atoms with Gasteiger partial charge in [0, 0.05) is 0 Å². The van der Waals surface area contributed by atoms with Crippen molar-refractivity contribution in [1.29, 1.82) is 0 Å². The van der Waals surface area contributed by atoms with Crippen molar-refractivity contribution in [2.24, 2.45) is 5.92 Å². The third kappa shape index (κ3) is 6.85. The Morgan fingerprint density at radius 3 is 2.14 bits per heavy atom. The van der Waals surface area contributed by atoms with Gasteiger partial charge in [0.25, 0.3) is 10.1 Å². The van der Waals surface area contributed by atoms with Crippen molar-refractivity contribution in [3.05, 3.63) is 0 Å². The van der Waals surface area contributed by atoms with Crippen molar-refractivity contribution in [1.82, 2.24) is 0 Å². The first kappa shape index (κ1) is 13.4. The fraction of sp³-hybridized carbons (Fsp3) is 0.875. The van der Waals surface area contributed by atoms with Crippen LogP contribution in [0.1, 0.15) is 27.7 Å². The van der Waals surface area contributed by atoms with E-state index in [1.807, 2.05) is 0 Å². The highest BCUT2D eigenvalue weighted by atomic mass is 32.2. The van der Waals surface area contributed by atoms with Gasteiger partial charge in [0.2, 0.25) is 0 Å². The lowest BCUT2D eigenvalue weighted by Gasteiger charge is -2.21. The number of hydrogen-bond donors (Lipinski definition) is 1. The Morgan fingerprint density at radius 1 is 1.43 bits per heavy atom. The van der Waals surface area contributed by atoms with Crippen LogP contribution in [-0.4, -0.2) is 30.3 Å². The van der Waals surface area contributed by atoms with Gasteiger partial charge in [-0.05, 0) is 20.8 Å². The quantitative estimate of drug-likeness (QED) is 0.568. The molecule has 0 amide bonds. The zero-order valence-corrected chi connectivity index (χ0v) is 9.59. The minimum absolute atomic E-state index is 0.609. The van der Waals surface area contributed by atoms with E-state index in [4.69, 9.17) is 9.29 Å². The lowest BCUT2D eigenvalue weighted by molar-refractivity contribution is -0.158. The van der Waals surface area contributed by atoms with Crippen LogP contribution in [0.2, 0.25) is 0 Å². The van der Waals surface area contributed by atoms with E-state index in [2.05, 4.69) is 0 Å². The molecule has 0 aromatic carbocycles. The SMILES string of the molecule is CC(CS(=O)(=O)O)C(=O)OC(C)(C)C. The molecule has 5 nitrogen and oxygen atoms in total. The summed E-state index contributed by atoms with van der Waals surface area (Å²) in [7, 11) is -4.12. The number of esters is 1. The van der Waals surface area contributed by atoms with Crippen LogP contribution in [0, 0.1) is 5.92 Å². The summed E-state index contributed by atoms with van der Waals surface area (Å²) in [5.41, 5.74) is -0.648. The number of hydrogen-bond acceptors (Lipinski definition) is 4. The van der Waals surface area contributed by atoms with E-state index in [0.717, 1.165) is 0 Å². The normalized spacial score (nSPS) is 14.9. The van der Waals surface area contributed by atoms with Crippen molar-refractivity contribution in [2.45, 2.75) is 33.3 Å². The maximum atomic E-state index is 11.2. The number of carbonyl (C=O) groups excluding carboxylic acids is 1. The number of ether oxygens (including phenoxy) is 1. The van der Waals surface area contributed by atoms with Crippen LogP contribution < -0.4 is 0 Å². The lowest BCUT2D eigenvalue weighted by atomic mass is 10.1. The second-order valence-corrected chi connectivity index (χ2v) is 5.68. The monoisotopic (exact) mass is 224 g/mol. The average Bonchev–Trinajstić information content (AvgIpc) is 1.78. The van der Waals surface area contributed by atoms with E-state index >= 15 is 0 Å². The lowest BCUT2D eigenvalue weighted by Crippen LogP contribution is -2.30. The van der Waals surface area contributed by atoms with Crippen molar-refractivity contribution in [3.8, 4) is 0 Å². The van der Waals surface area contributed by atoms with Crippen molar-refractivity contribution in [3.63, 3.8) is 0 Å².